The fourth-order valence-electron chi connectivity index (χ4n) is 7.37. The van der Waals surface area contributed by atoms with E-state index in [0.29, 0.717) is 0 Å². The molecule has 10 aromatic rings. The van der Waals surface area contributed by atoms with Crippen molar-refractivity contribution < 1.29 is 0 Å². The van der Waals surface area contributed by atoms with Crippen LogP contribution in [0.4, 0.5) is 0 Å². The zero-order valence-electron chi connectivity index (χ0n) is 23.4. The number of hydrogen-bond acceptors (Lipinski definition) is 2. The highest BCUT2D eigenvalue weighted by molar-refractivity contribution is 6.24. The molecule has 5 heterocycles. The molecule has 5 aromatic heterocycles. The molecule has 0 amide bonds. The lowest BCUT2D eigenvalue weighted by atomic mass is 9.98. The molecule has 0 fully saturated rings. The number of para-hydroxylation sites is 3. The van der Waals surface area contributed by atoms with Crippen LogP contribution >= 0.6 is 0 Å². The Labute approximate surface area is 246 Å². The Hall–Kier alpha value is -5.74. The summed E-state index contributed by atoms with van der Waals surface area (Å²) in [6.07, 6.45) is 1.81. The first-order valence-corrected chi connectivity index (χ1v) is 14.7. The first-order valence-electron chi connectivity index (χ1n) is 14.7. The maximum atomic E-state index is 4.71. The Kier molecular flexibility index (Phi) is 4.35. The van der Waals surface area contributed by atoms with E-state index in [1.807, 2.05) is 19.2 Å². The van der Waals surface area contributed by atoms with Gasteiger partial charge in [-0.1, -0.05) is 60.7 Å². The van der Waals surface area contributed by atoms with Crippen LogP contribution in [0.15, 0.2) is 128 Å². The van der Waals surface area contributed by atoms with Crippen molar-refractivity contribution in [1.29, 1.82) is 0 Å². The lowest BCUT2D eigenvalue weighted by molar-refractivity contribution is 1.14. The number of aryl methyl sites for hydroxylation is 1. The van der Waals surface area contributed by atoms with Crippen molar-refractivity contribution in [3.8, 4) is 16.8 Å². The molecule has 0 saturated carbocycles. The first kappa shape index (κ1) is 22.9. The number of nitrogens with zero attached hydrogens (tertiary/aromatic N) is 4. The molecule has 0 saturated heterocycles. The number of benzene rings is 5. The second kappa shape index (κ2) is 8.17. The second-order valence-electron chi connectivity index (χ2n) is 11.5. The van der Waals surface area contributed by atoms with Gasteiger partial charge in [0.2, 0.25) is 0 Å². The van der Waals surface area contributed by atoms with Crippen LogP contribution in [0.2, 0.25) is 0 Å². The Morgan fingerprint density at radius 3 is 1.79 bits per heavy atom. The molecule has 0 aliphatic heterocycles. The van der Waals surface area contributed by atoms with E-state index in [1.165, 1.54) is 71.0 Å². The summed E-state index contributed by atoms with van der Waals surface area (Å²) in [5.41, 5.74) is 11.4. The molecule has 4 nitrogen and oxygen atoms in total. The molecule has 4 heteroatoms. The zero-order chi connectivity index (χ0) is 28.2. The van der Waals surface area contributed by atoms with Gasteiger partial charge in [0.25, 0.3) is 0 Å². The molecule has 0 aliphatic rings. The fourth-order valence-corrected chi connectivity index (χ4v) is 7.37. The highest BCUT2D eigenvalue weighted by Gasteiger charge is 2.20. The highest BCUT2D eigenvalue weighted by atomic mass is 15.0. The van der Waals surface area contributed by atoms with Crippen molar-refractivity contribution >= 4 is 70.9 Å². The van der Waals surface area contributed by atoms with E-state index >= 15 is 0 Å². The summed E-state index contributed by atoms with van der Waals surface area (Å²) >= 11 is 0. The molecular weight excluding hydrogens is 524 g/mol. The van der Waals surface area contributed by atoms with Crippen LogP contribution in [-0.2, 0) is 0 Å². The molecule has 0 N–H and O–H groups in total. The first-order chi connectivity index (χ1) is 21.2. The molecule has 0 radical (unpaired) electrons. The Morgan fingerprint density at radius 1 is 0.488 bits per heavy atom. The van der Waals surface area contributed by atoms with Gasteiger partial charge in [-0.2, -0.15) is 0 Å². The van der Waals surface area contributed by atoms with E-state index in [2.05, 4.69) is 129 Å². The van der Waals surface area contributed by atoms with E-state index in [1.54, 1.807) is 0 Å². The van der Waals surface area contributed by atoms with Crippen LogP contribution < -0.4 is 0 Å². The van der Waals surface area contributed by atoms with Crippen LogP contribution in [0.3, 0.4) is 0 Å². The Balaban J connectivity index is 1.29. The van der Waals surface area contributed by atoms with Gasteiger partial charge in [-0.05, 0) is 78.7 Å². The maximum Gasteiger partial charge on any atom is 0.161 e. The number of rotatable bonds is 2. The van der Waals surface area contributed by atoms with Crippen LogP contribution in [0.25, 0.3) is 87.7 Å². The number of aromatic nitrogens is 4. The third-order valence-electron chi connectivity index (χ3n) is 9.14. The minimum absolute atomic E-state index is 0.769. The normalized spacial score (nSPS) is 12.3. The summed E-state index contributed by atoms with van der Waals surface area (Å²) in [5, 5.41) is 8.70. The summed E-state index contributed by atoms with van der Waals surface area (Å²) in [7, 11) is 0. The summed E-state index contributed by atoms with van der Waals surface area (Å²) in [6, 6.07) is 44.2. The monoisotopic (exact) mass is 548 g/mol. The highest BCUT2D eigenvalue weighted by Crippen LogP contribution is 2.43. The third-order valence-corrected chi connectivity index (χ3v) is 9.14. The molecule has 0 aliphatic carbocycles. The van der Waals surface area contributed by atoms with Gasteiger partial charge in [-0.3, -0.25) is 0 Å². The van der Waals surface area contributed by atoms with E-state index in [0.717, 1.165) is 22.4 Å². The zero-order valence-corrected chi connectivity index (χ0v) is 23.4. The molecule has 0 bridgehead atoms. The average Bonchev–Trinajstić information content (AvgIpc) is 3.69. The molecule has 0 atom stereocenters. The minimum atomic E-state index is 0.769. The summed E-state index contributed by atoms with van der Waals surface area (Å²) in [4.78, 5) is 9.29. The molecule has 0 unspecified atom stereocenters. The van der Waals surface area contributed by atoms with Gasteiger partial charge in [-0.15, -0.1) is 0 Å². The van der Waals surface area contributed by atoms with Crippen molar-refractivity contribution in [3.63, 3.8) is 0 Å². The smallest absolute Gasteiger partial charge is 0.161 e. The second-order valence-corrected chi connectivity index (χ2v) is 11.5. The van der Waals surface area contributed by atoms with Crippen LogP contribution in [0.5, 0.6) is 0 Å². The van der Waals surface area contributed by atoms with Gasteiger partial charge in [-0.25, -0.2) is 9.97 Å². The largest absolute Gasteiger partial charge is 0.308 e. The molecular formula is C39H24N4. The molecule has 0 spiro atoms. The van der Waals surface area contributed by atoms with E-state index < -0.39 is 0 Å². The fraction of sp³-hybridized carbons (Fsp3) is 0.0256. The van der Waals surface area contributed by atoms with Gasteiger partial charge >= 0.3 is 0 Å². The van der Waals surface area contributed by atoms with Crippen molar-refractivity contribution in [3.05, 3.63) is 133 Å². The Bertz CT molecular complexity index is 2660. The lowest BCUT2D eigenvalue weighted by Crippen LogP contribution is -1.99. The molecule has 10 rings (SSSR count). The topological polar surface area (TPSA) is 35.1 Å². The van der Waals surface area contributed by atoms with Crippen molar-refractivity contribution in [2.24, 2.45) is 0 Å². The maximum absolute atomic E-state index is 4.71. The lowest BCUT2D eigenvalue weighted by Gasteiger charge is -2.12. The van der Waals surface area contributed by atoms with E-state index in [4.69, 9.17) is 4.98 Å². The molecule has 43 heavy (non-hydrogen) atoms. The predicted octanol–water partition coefficient (Wildman–Crippen LogP) is 9.85. The third kappa shape index (κ3) is 2.99. The van der Waals surface area contributed by atoms with Gasteiger partial charge < -0.3 is 8.97 Å². The summed E-state index contributed by atoms with van der Waals surface area (Å²) in [5.74, 6) is 0. The average molecular weight is 549 g/mol. The molecule has 200 valence electrons. The predicted molar refractivity (Wildman–Crippen MR) is 179 cm³/mol. The van der Waals surface area contributed by atoms with Crippen molar-refractivity contribution in [2.75, 3.05) is 0 Å². The van der Waals surface area contributed by atoms with Gasteiger partial charge in [0.15, 0.2) is 5.65 Å². The van der Waals surface area contributed by atoms with Crippen LogP contribution in [0, 0.1) is 6.92 Å². The number of fused-ring (bicyclic) bond motifs is 10. The van der Waals surface area contributed by atoms with Gasteiger partial charge in [0.1, 0.15) is 0 Å². The van der Waals surface area contributed by atoms with Gasteiger partial charge in [0.05, 0.1) is 33.3 Å². The van der Waals surface area contributed by atoms with Gasteiger partial charge in [0, 0.05) is 49.6 Å². The quantitative estimate of drug-likeness (QED) is 0.215. The SMILES string of the molecule is Cc1cc(-n2c3ccccc3c3cc(-c4cc5c6ccccc6n6c7ccccc7c(c4)c56)ccc32)c2cccnc2n1. The van der Waals surface area contributed by atoms with E-state index in [9.17, 15) is 0 Å². The molecule has 5 aromatic carbocycles. The number of hydrogen-bond donors (Lipinski definition) is 0. The van der Waals surface area contributed by atoms with Crippen molar-refractivity contribution in [1.82, 2.24) is 18.9 Å². The standard InChI is InChI=1S/C39H24N4/c1-23-19-37(29-12-8-18-40-39(29)41-23)42-33-13-5-2-9-26(33)30-20-24(16-17-36(30)42)25-21-31-27-10-3-6-14-34(27)43-35-15-7-4-11-28(35)32(22-25)38(31)43/h2-22H,1H3. The van der Waals surface area contributed by atoms with E-state index in [-0.39, 0.29) is 0 Å². The Morgan fingerprint density at radius 2 is 1.07 bits per heavy atom. The van der Waals surface area contributed by atoms with Crippen LogP contribution in [-0.4, -0.2) is 18.9 Å². The summed E-state index contributed by atoms with van der Waals surface area (Å²) < 4.78 is 4.81. The summed E-state index contributed by atoms with van der Waals surface area (Å²) in [6.45, 7) is 2.04. The minimum Gasteiger partial charge on any atom is -0.308 e. The van der Waals surface area contributed by atoms with Crippen molar-refractivity contribution in [2.45, 2.75) is 6.92 Å². The number of pyridine rings is 2. The van der Waals surface area contributed by atoms with Crippen LogP contribution in [0.1, 0.15) is 5.69 Å².